The Hall–Kier alpha value is -1.95. The van der Waals surface area contributed by atoms with Crippen molar-refractivity contribution in [3.05, 3.63) is 39.4 Å². The highest BCUT2D eigenvalue weighted by atomic mass is 16.6. The fraction of sp³-hybridized carbons (Fsp3) is 0.533. The average Bonchev–Trinajstić information content (AvgIpc) is 2.44. The Morgan fingerprint density at radius 2 is 2.24 bits per heavy atom. The van der Waals surface area contributed by atoms with Gasteiger partial charge < -0.3 is 10.4 Å². The minimum atomic E-state index is -0.519. The predicted octanol–water partition coefficient (Wildman–Crippen LogP) is 2.18. The Balaban J connectivity index is 2.04. The molecule has 1 aliphatic carbocycles. The summed E-state index contributed by atoms with van der Waals surface area (Å²) in [6, 6.07) is 4.73. The van der Waals surface area contributed by atoms with Crippen LogP contribution in [0.4, 0.5) is 5.69 Å². The summed E-state index contributed by atoms with van der Waals surface area (Å²) in [5, 5.41) is 23.5. The van der Waals surface area contributed by atoms with Gasteiger partial charge >= 0.3 is 0 Å². The number of nitrogens with zero attached hydrogens (tertiary/aromatic N) is 1. The zero-order chi connectivity index (χ0) is 15.4. The van der Waals surface area contributed by atoms with Crippen molar-refractivity contribution < 1.29 is 14.8 Å². The van der Waals surface area contributed by atoms with Crippen molar-refractivity contribution in [2.45, 2.75) is 38.7 Å². The largest absolute Gasteiger partial charge is 0.393 e. The first-order valence-electron chi connectivity index (χ1n) is 7.19. The van der Waals surface area contributed by atoms with Crippen LogP contribution in [-0.4, -0.2) is 28.6 Å². The van der Waals surface area contributed by atoms with Crippen molar-refractivity contribution in [1.29, 1.82) is 0 Å². The normalized spacial score (nSPS) is 21.8. The van der Waals surface area contributed by atoms with Gasteiger partial charge in [-0.3, -0.25) is 14.9 Å². The predicted molar refractivity (Wildman–Crippen MR) is 78.1 cm³/mol. The molecule has 6 heteroatoms. The quantitative estimate of drug-likeness (QED) is 0.657. The molecule has 1 aromatic rings. The number of carbonyl (C=O) groups is 1. The number of nitro groups is 1. The van der Waals surface area contributed by atoms with Gasteiger partial charge in [-0.15, -0.1) is 0 Å². The van der Waals surface area contributed by atoms with Crippen LogP contribution in [0.25, 0.3) is 0 Å². The maximum absolute atomic E-state index is 12.2. The number of carbonyl (C=O) groups excluding carboxylic acids is 1. The van der Waals surface area contributed by atoms with E-state index in [0.717, 1.165) is 19.3 Å². The second-order valence-corrected chi connectivity index (χ2v) is 5.62. The van der Waals surface area contributed by atoms with E-state index in [4.69, 9.17) is 0 Å². The number of rotatable bonds is 4. The number of benzene rings is 1. The van der Waals surface area contributed by atoms with Crippen LogP contribution in [0.1, 0.15) is 41.6 Å². The molecule has 0 heterocycles. The number of aliphatic hydroxyl groups is 1. The van der Waals surface area contributed by atoms with Crippen LogP contribution < -0.4 is 5.32 Å². The van der Waals surface area contributed by atoms with E-state index in [1.807, 2.05) is 0 Å². The molecule has 2 unspecified atom stereocenters. The number of nitrogens with one attached hydrogen (secondary N) is 1. The summed E-state index contributed by atoms with van der Waals surface area (Å²) in [5.41, 5.74) is 0.427. The summed E-state index contributed by atoms with van der Waals surface area (Å²) < 4.78 is 0. The van der Waals surface area contributed by atoms with E-state index in [1.54, 1.807) is 19.1 Å². The first-order chi connectivity index (χ1) is 9.99. The summed E-state index contributed by atoms with van der Waals surface area (Å²) in [6.07, 6.45) is 3.11. The monoisotopic (exact) mass is 292 g/mol. The SMILES string of the molecule is Cc1cccc(C(=O)NCC2CCCC(O)C2)c1[N+](=O)[O-]. The number of nitro benzene ring substituents is 1. The fourth-order valence-electron chi connectivity index (χ4n) is 2.86. The lowest BCUT2D eigenvalue weighted by Gasteiger charge is -2.25. The molecule has 0 aromatic heterocycles. The van der Waals surface area contributed by atoms with E-state index in [0.29, 0.717) is 18.5 Å². The second-order valence-electron chi connectivity index (χ2n) is 5.62. The highest BCUT2D eigenvalue weighted by Crippen LogP contribution is 2.25. The number of para-hydroxylation sites is 1. The second kappa shape index (κ2) is 6.67. The van der Waals surface area contributed by atoms with Crippen molar-refractivity contribution in [1.82, 2.24) is 5.32 Å². The van der Waals surface area contributed by atoms with Gasteiger partial charge in [0.25, 0.3) is 11.6 Å². The third kappa shape index (κ3) is 3.78. The summed E-state index contributed by atoms with van der Waals surface area (Å²) in [4.78, 5) is 22.7. The van der Waals surface area contributed by atoms with Gasteiger partial charge in [0.15, 0.2) is 0 Å². The Labute approximate surface area is 123 Å². The van der Waals surface area contributed by atoms with E-state index in [1.165, 1.54) is 6.07 Å². The van der Waals surface area contributed by atoms with E-state index >= 15 is 0 Å². The summed E-state index contributed by atoms with van der Waals surface area (Å²) in [5.74, 6) is -0.188. The van der Waals surface area contributed by atoms with Crippen LogP contribution in [0.3, 0.4) is 0 Å². The zero-order valence-electron chi connectivity index (χ0n) is 12.0. The molecule has 21 heavy (non-hydrogen) atoms. The van der Waals surface area contributed by atoms with E-state index in [9.17, 15) is 20.0 Å². The first-order valence-corrected chi connectivity index (χ1v) is 7.19. The van der Waals surface area contributed by atoms with Gasteiger partial charge in [0, 0.05) is 12.1 Å². The molecule has 2 N–H and O–H groups in total. The molecular formula is C15H20N2O4. The van der Waals surface area contributed by atoms with Crippen molar-refractivity contribution in [3.8, 4) is 0 Å². The van der Waals surface area contributed by atoms with Gasteiger partial charge in [-0.25, -0.2) is 0 Å². The van der Waals surface area contributed by atoms with E-state index in [-0.39, 0.29) is 23.3 Å². The molecule has 2 atom stereocenters. The number of aryl methyl sites for hydroxylation is 1. The molecule has 0 spiro atoms. The Kier molecular flexibility index (Phi) is 4.90. The van der Waals surface area contributed by atoms with Gasteiger partial charge in [-0.2, -0.15) is 0 Å². The van der Waals surface area contributed by atoms with Crippen LogP contribution in [0, 0.1) is 23.0 Å². The van der Waals surface area contributed by atoms with Crippen LogP contribution in [-0.2, 0) is 0 Å². The standard InChI is InChI=1S/C15H20N2O4/c1-10-4-2-7-13(14(10)17(20)21)15(19)16-9-11-5-3-6-12(18)8-11/h2,4,7,11-12,18H,3,5-6,8-9H2,1H3,(H,16,19). The number of hydrogen-bond donors (Lipinski definition) is 2. The van der Waals surface area contributed by atoms with Gasteiger partial charge in [0.1, 0.15) is 5.56 Å². The molecule has 1 fully saturated rings. The number of hydrogen-bond acceptors (Lipinski definition) is 4. The molecule has 6 nitrogen and oxygen atoms in total. The number of amides is 1. The van der Waals surface area contributed by atoms with Gasteiger partial charge in [-0.05, 0) is 38.2 Å². The third-order valence-corrected chi connectivity index (χ3v) is 3.97. The smallest absolute Gasteiger partial charge is 0.285 e. The molecule has 0 saturated heterocycles. The topological polar surface area (TPSA) is 92.5 Å². The molecule has 0 aliphatic heterocycles. The van der Waals surface area contributed by atoms with Gasteiger partial charge in [-0.1, -0.05) is 18.6 Å². The zero-order valence-corrected chi connectivity index (χ0v) is 12.0. The molecule has 0 bridgehead atoms. The highest BCUT2D eigenvalue weighted by molar-refractivity contribution is 5.98. The Morgan fingerprint density at radius 3 is 2.90 bits per heavy atom. The summed E-state index contributed by atoms with van der Waals surface area (Å²) in [6.45, 7) is 2.06. The molecule has 0 radical (unpaired) electrons. The Morgan fingerprint density at radius 1 is 1.48 bits per heavy atom. The van der Waals surface area contributed by atoms with E-state index < -0.39 is 10.8 Å². The first kappa shape index (κ1) is 15.4. The van der Waals surface area contributed by atoms with Crippen LogP contribution in [0.15, 0.2) is 18.2 Å². The lowest BCUT2D eigenvalue weighted by molar-refractivity contribution is -0.385. The lowest BCUT2D eigenvalue weighted by Crippen LogP contribution is -2.33. The highest BCUT2D eigenvalue weighted by Gasteiger charge is 2.24. The fourth-order valence-corrected chi connectivity index (χ4v) is 2.86. The molecule has 1 aromatic carbocycles. The Bertz CT molecular complexity index is 544. The van der Waals surface area contributed by atoms with Crippen molar-refractivity contribution >= 4 is 11.6 Å². The van der Waals surface area contributed by atoms with Gasteiger partial charge in [0.2, 0.25) is 0 Å². The molecule has 1 aliphatic rings. The van der Waals surface area contributed by atoms with Crippen molar-refractivity contribution in [2.75, 3.05) is 6.54 Å². The lowest BCUT2D eigenvalue weighted by atomic mass is 9.87. The third-order valence-electron chi connectivity index (χ3n) is 3.97. The molecule has 2 rings (SSSR count). The average molecular weight is 292 g/mol. The molecule has 114 valence electrons. The molecular weight excluding hydrogens is 272 g/mol. The van der Waals surface area contributed by atoms with Gasteiger partial charge in [0.05, 0.1) is 11.0 Å². The molecule has 1 amide bonds. The number of aliphatic hydroxyl groups excluding tert-OH is 1. The minimum Gasteiger partial charge on any atom is -0.393 e. The van der Waals surface area contributed by atoms with Crippen molar-refractivity contribution in [2.24, 2.45) is 5.92 Å². The maximum Gasteiger partial charge on any atom is 0.285 e. The maximum atomic E-state index is 12.2. The van der Waals surface area contributed by atoms with Crippen LogP contribution in [0.2, 0.25) is 0 Å². The minimum absolute atomic E-state index is 0.0938. The van der Waals surface area contributed by atoms with E-state index in [2.05, 4.69) is 5.32 Å². The van der Waals surface area contributed by atoms with Crippen LogP contribution >= 0.6 is 0 Å². The summed E-state index contributed by atoms with van der Waals surface area (Å²) >= 11 is 0. The van der Waals surface area contributed by atoms with Crippen molar-refractivity contribution in [3.63, 3.8) is 0 Å². The summed E-state index contributed by atoms with van der Waals surface area (Å²) in [7, 11) is 0. The van der Waals surface area contributed by atoms with Crippen LogP contribution in [0.5, 0.6) is 0 Å². The molecule has 1 saturated carbocycles.